The van der Waals surface area contributed by atoms with Crippen molar-refractivity contribution in [1.82, 2.24) is 9.59 Å². The fourth-order valence-corrected chi connectivity index (χ4v) is 2.89. The van der Waals surface area contributed by atoms with E-state index in [-0.39, 0.29) is 23.6 Å². The van der Waals surface area contributed by atoms with Crippen LogP contribution < -0.4 is 4.90 Å². The van der Waals surface area contributed by atoms with Crippen molar-refractivity contribution in [3.05, 3.63) is 75.8 Å². The number of aromatic nitrogens is 2. The molecular formula is C18H14ClN3O3S. The summed E-state index contributed by atoms with van der Waals surface area (Å²) in [4.78, 5) is 26.8. The van der Waals surface area contributed by atoms with Crippen molar-refractivity contribution in [2.75, 3.05) is 11.9 Å². The first-order valence-electron chi connectivity index (χ1n) is 7.64. The van der Waals surface area contributed by atoms with E-state index in [0.29, 0.717) is 10.0 Å². The molecule has 0 spiro atoms. The molecule has 6 nitrogen and oxygen atoms in total. The number of carbonyl (C=O) groups is 2. The van der Waals surface area contributed by atoms with Gasteiger partial charge in [-0.05, 0) is 24.3 Å². The van der Waals surface area contributed by atoms with Crippen LogP contribution in [-0.2, 0) is 11.3 Å². The van der Waals surface area contributed by atoms with Crippen molar-refractivity contribution in [3.63, 3.8) is 0 Å². The molecule has 26 heavy (non-hydrogen) atoms. The van der Waals surface area contributed by atoms with E-state index in [4.69, 9.17) is 16.3 Å². The zero-order chi connectivity index (χ0) is 18.5. The molecule has 1 aromatic heterocycles. The van der Waals surface area contributed by atoms with Crippen LogP contribution in [0.2, 0.25) is 4.34 Å². The first-order valence-corrected chi connectivity index (χ1v) is 8.79. The molecule has 3 rings (SSSR count). The van der Waals surface area contributed by atoms with Gasteiger partial charge < -0.3 is 9.64 Å². The number of nitrogens with zero attached hydrogens (tertiary/aromatic N) is 3. The van der Waals surface area contributed by atoms with Gasteiger partial charge in [0.2, 0.25) is 0 Å². The standard InChI is InChI=1S/C18H14ClN3O3S/c1-22(12-7-3-2-4-8-12)17(23)13-9-5-6-10-14(13)18(24)25-11-15-16(19)26-21-20-15/h2-10H,11H2,1H3. The summed E-state index contributed by atoms with van der Waals surface area (Å²) in [6.07, 6.45) is 0. The Morgan fingerprint density at radius 2 is 1.73 bits per heavy atom. The molecule has 1 amide bonds. The third kappa shape index (κ3) is 3.89. The normalized spacial score (nSPS) is 10.4. The minimum absolute atomic E-state index is 0.106. The van der Waals surface area contributed by atoms with Gasteiger partial charge in [0.15, 0.2) is 0 Å². The Labute approximate surface area is 159 Å². The average Bonchev–Trinajstić information content (AvgIpc) is 3.10. The van der Waals surface area contributed by atoms with Gasteiger partial charge in [-0.3, -0.25) is 4.79 Å². The van der Waals surface area contributed by atoms with Crippen LogP contribution >= 0.6 is 23.1 Å². The highest BCUT2D eigenvalue weighted by molar-refractivity contribution is 7.10. The van der Waals surface area contributed by atoms with Crippen molar-refractivity contribution in [2.45, 2.75) is 6.61 Å². The number of para-hydroxylation sites is 1. The van der Waals surface area contributed by atoms with Gasteiger partial charge in [0, 0.05) is 24.3 Å². The van der Waals surface area contributed by atoms with Crippen LogP contribution in [0, 0.1) is 0 Å². The van der Waals surface area contributed by atoms with Gasteiger partial charge in [0.25, 0.3) is 5.91 Å². The van der Waals surface area contributed by atoms with Crippen molar-refractivity contribution in [1.29, 1.82) is 0 Å². The van der Waals surface area contributed by atoms with Gasteiger partial charge in [-0.15, -0.1) is 5.10 Å². The molecule has 0 saturated carbocycles. The Hall–Kier alpha value is -2.77. The minimum atomic E-state index is -0.625. The van der Waals surface area contributed by atoms with Gasteiger partial charge in [-0.2, -0.15) is 0 Å². The SMILES string of the molecule is CN(C(=O)c1ccccc1C(=O)OCc1nnsc1Cl)c1ccccc1. The third-order valence-electron chi connectivity index (χ3n) is 3.67. The molecule has 2 aromatic carbocycles. The number of benzene rings is 2. The number of amides is 1. The molecule has 0 aliphatic heterocycles. The number of halogens is 1. The van der Waals surface area contributed by atoms with Crippen LogP contribution in [0.4, 0.5) is 5.69 Å². The van der Waals surface area contributed by atoms with Crippen LogP contribution in [0.25, 0.3) is 0 Å². The second kappa shape index (κ2) is 8.07. The van der Waals surface area contributed by atoms with Crippen LogP contribution in [0.15, 0.2) is 54.6 Å². The Morgan fingerprint density at radius 1 is 1.08 bits per heavy atom. The van der Waals surface area contributed by atoms with E-state index in [1.165, 1.54) is 4.90 Å². The Bertz CT molecular complexity index is 930. The van der Waals surface area contributed by atoms with Crippen molar-refractivity contribution in [2.24, 2.45) is 0 Å². The maximum Gasteiger partial charge on any atom is 0.339 e. The number of ether oxygens (including phenoxy) is 1. The predicted octanol–water partition coefficient (Wildman–Crippen LogP) is 3.83. The lowest BCUT2D eigenvalue weighted by molar-refractivity contribution is 0.0465. The quantitative estimate of drug-likeness (QED) is 0.622. The van der Waals surface area contributed by atoms with E-state index in [2.05, 4.69) is 9.59 Å². The second-order valence-electron chi connectivity index (χ2n) is 5.31. The molecule has 0 N–H and O–H groups in total. The molecule has 0 bridgehead atoms. The molecular weight excluding hydrogens is 374 g/mol. The van der Waals surface area contributed by atoms with Crippen molar-refractivity contribution in [3.8, 4) is 0 Å². The lowest BCUT2D eigenvalue weighted by Gasteiger charge is -2.18. The average molecular weight is 388 g/mol. The second-order valence-corrected chi connectivity index (χ2v) is 6.67. The molecule has 3 aromatic rings. The van der Waals surface area contributed by atoms with Gasteiger partial charge in [-0.25, -0.2) is 4.79 Å². The summed E-state index contributed by atoms with van der Waals surface area (Å²) in [6.45, 7) is -0.106. The molecule has 0 radical (unpaired) electrons. The Morgan fingerprint density at radius 3 is 2.38 bits per heavy atom. The summed E-state index contributed by atoms with van der Waals surface area (Å²) in [6, 6.07) is 15.7. The first kappa shape index (κ1) is 18.0. The number of hydrogen-bond acceptors (Lipinski definition) is 6. The lowest BCUT2D eigenvalue weighted by Crippen LogP contribution is -2.28. The molecule has 8 heteroatoms. The zero-order valence-electron chi connectivity index (χ0n) is 13.8. The molecule has 0 atom stereocenters. The molecule has 132 valence electrons. The van der Waals surface area contributed by atoms with E-state index in [1.54, 1.807) is 31.3 Å². The topological polar surface area (TPSA) is 72.4 Å². The summed E-state index contributed by atoms with van der Waals surface area (Å²) in [7, 11) is 1.65. The van der Waals surface area contributed by atoms with E-state index in [0.717, 1.165) is 17.2 Å². The molecule has 0 saturated heterocycles. The van der Waals surface area contributed by atoms with E-state index >= 15 is 0 Å². The first-order chi connectivity index (χ1) is 12.6. The van der Waals surface area contributed by atoms with Crippen LogP contribution in [0.1, 0.15) is 26.4 Å². The van der Waals surface area contributed by atoms with Gasteiger partial charge in [0.05, 0.1) is 11.1 Å². The van der Waals surface area contributed by atoms with E-state index in [9.17, 15) is 9.59 Å². The zero-order valence-corrected chi connectivity index (χ0v) is 15.3. The fraction of sp³-hybridized carbons (Fsp3) is 0.111. The van der Waals surface area contributed by atoms with Crippen molar-refractivity contribution >= 4 is 40.7 Å². The van der Waals surface area contributed by atoms with Crippen molar-refractivity contribution < 1.29 is 14.3 Å². The largest absolute Gasteiger partial charge is 0.455 e. The number of carbonyl (C=O) groups excluding carboxylic acids is 2. The van der Waals surface area contributed by atoms with Gasteiger partial charge >= 0.3 is 5.97 Å². The van der Waals surface area contributed by atoms with Gasteiger partial charge in [-0.1, -0.05) is 46.4 Å². The summed E-state index contributed by atoms with van der Waals surface area (Å²) >= 11 is 6.92. The molecule has 0 fully saturated rings. The molecule has 0 aliphatic rings. The van der Waals surface area contributed by atoms with Crippen LogP contribution in [0.3, 0.4) is 0 Å². The molecule has 1 heterocycles. The van der Waals surface area contributed by atoms with E-state index in [1.807, 2.05) is 30.3 Å². The number of esters is 1. The van der Waals surface area contributed by atoms with Gasteiger partial charge in [0.1, 0.15) is 16.6 Å². The number of hydrogen-bond donors (Lipinski definition) is 0. The maximum atomic E-state index is 12.8. The number of anilines is 1. The highest BCUT2D eigenvalue weighted by atomic mass is 35.5. The Kier molecular flexibility index (Phi) is 5.60. The summed E-state index contributed by atoms with van der Waals surface area (Å²) in [5, 5.41) is 3.79. The van der Waals surface area contributed by atoms with E-state index < -0.39 is 5.97 Å². The predicted molar refractivity (Wildman–Crippen MR) is 99.7 cm³/mol. The summed E-state index contributed by atoms with van der Waals surface area (Å²) in [5.41, 5.74) is 1.54. The smallest absolute Gasteiger partial charge is 0.339 e. The van der Waals surface area contributed by atoms with Crippen LogP contribution in [-0.4, -0.2) is 28.5 Å². The fourth-order valence-electron chi connectivity index (χ4n) is 2.29. The van der Waals surface area contributed by atoms with Crippen LogP contribution in [0.5, 0.6) is 0 Å². The highest BCUT2D eigenvalue weighted by Gasteiger charge is 2.22. The summed E-state index contributed by atoms with van der Waals surface area (Å²) < 4.78 is 9.29. The monoisotopic (exact) mass is 387 g/mol. The number of rotatable bonds is 5. The molecule has 0 unspecified atom stereocenters. The summed E-state index contributed by atoms with van der Waals surface area (Å²) in [5.74, 6) is -0.934. The lowest BCUT2D eigenvalue weighted by atomic mass is 10.1. The highest BCUT2D eigenvalue weighted by Crippen LogP contribution is 2.20. The maximum absolute atomic E-state index is 12.8. The minimum Gasteiger partial charge on any atom is -0.455 e. The molecule has 0 aliphatic carbocycles. The Balaban J connectivity index is 1.80. The third-order valence-corrected chi connectivity index (χ3v) is 4.66.